The number of hydrogen-bond donors (Lipinski definition) is 2. The molecule has 6 heteroatoms. The number of fused-ring (bicyclic) bond motifs is 1. The van der Waals surface area contributed by atoms with E-state index in [0.29, 0.717) is 19.7 Å². The van der Waals surface area contributed by atoms with Gasteiger partial charge in [-0.25, -0.2) is 4.79 Å². The number of para-hydroxylation sites is 1. The maximum Gasteiger partial charge on any atom is 0.407 e. The van der Waals surface area contributed by atoms with Gasteiger partial charge in [0.15, 0.2) is 0 Å². The van der Waals surface area contributed by atoms with Crippen molar-refractivity contribution in [2.45, 2.75) is 33.1 Å². The van der Waals surface area contributed by atoms with Crippen LogP contribution in [-0.4, -0.2) is 48.1 Å². The van der Waals surface area contributed by atoms with Crippen molar-refractivity contribution >= 4 is 22.9 Å². The van der Waals surface area contributed by atoms with Crippen LogP contribution >= 0.6 is 0 Å². The van der Waals surface area contributed by atoms with Crippen molar-refractivity contribution in [1.82, 2.24) is 15.2 Å². The van der Waals surface area contributed by atoms with Crippen LogP contribution in [0.4, 0.5) is 4.79 Å². The smallest absolute Gasteiger partial charge is 0.407 e. The molecule has 2 amide bonds. The van der Waals surface area contributed by atoms with Gasteiger partial charge in [-0.05, 0) is 31.4 Å². The number of hydrogen-bond acceptors (Lipinski definition) is 3. The third-order valence-corrected chi connectivity index (χ3v) is 4.12. The van der Waals surface area contributed by atoms with Gasteiger partial charge in [0, 0.05) is 30.2 Å². The average Bonchev–Trinajstić information content (AvgIpc) is 3.03. The number of nitrogens with one attached hydrogen (secondary N) is 2. The molecule has 0 aliphatic heterocycles. The molecule has 2 rings (SSSR count). The van der Waals surface area contributed by atoms with Crippen molar-refractivity contribution in [3.05, 3.63) is 36.0 Å². The summed E-state index contributed by atoms with van der Waals surface area (Å²) < 4.78 is 4.80. The van der Waals surface area contributed by atoms with Gasteiger partial charge >= 0.3 is 6.09 Å². The Labute approximate surface area is 148 Å². The molecule has 0 aliphatic carbocycles. The van der Waals surface area contributed by atoms with E-state index < -0.39 is 6.09 Å². The maximum absolute atomic E-state index is 12.4. The highest BCUT2D eigenvalue weighted by molar-refractivity contribution is 5.84. The second-order valence-corrected chi connectivity index (χ2v) is 5.92. The van der Waals surface area contributed by atoms with Crippen molar-refractivity contribution in [2.24, 2.45) is 0 Å². The van der Waals surface area contributed by atoms with Gasteiger partial charge in [-0.2, -0.15) is 0 Å². The van der Waals surface area contributed by atoms with Crippen LogP contribution in [0, 0.1) is 0 Å². The van der Waals surface area contributed by atoms with Crippen LogP contribution in [0.5, 0.6) is 0 Å². The van der Waals surface area contributed by atoms with E-state index in [-0.39, 0.29) is 12.5 Å². The number of rotatable bonds is 9. The molecule has 0 saturated carbocycles. The molecule has 1 aromatic carbocycles. The van der Waals surface area contributed by atoms with Crippen LogP contribution in [0.3, 0.4) is 0 Å². The van der Waals surface area contributed by atoms with Crippen molar-refractivity contribution in [1.29, 1.82) is 0 Å². The quantitative estimate of drug-likeness (QED) is 0.733. The Morgan fingerprint density at radius 2 is 2.00 bits per heavy atom. The molecule has 25 heavy (non-hydrogen) atoms. The number of benzene rings is 1. The Morgan fingerprint density at radius 3 is 2.76 bits per heavy atom. The van der Waals surface area contributed by atoms with Gasteiger partial charge in [0.2, 0.25) is 5.91 Å². The second-order valence-electron chi connectivity index (χ2n) is 5.92. The lowest BCUT2D eigenvalue weighted by molar-refractivity contribution is -0.130. The fourth-order valence-electron chi connectivity index (χ4n) is 2.75. The molecule has 0 aliphatic rings. The van der Waals surface area contributed by atoms with E-state index in [1.54, 1.807) is 6.92 Å². The van der Waals surface area contributed by atoms with Gasteiger partial charge < -0.3 is 19.9 Å². The molecule has 0 atom stereocenters. The Balaban J connectivity index is 1.94. The Hall–Kier alpha value is -2.50. The topological polar surface area (TPSA) is 74.4 Å². The molecular formula is C19H27N3O3. The van der Waals surface area contributed by atoms with Crippen LogP contribution in [0.2, 0.25) is 0 Å². The fourth-order valence-corrected chi connectivity index (χ4v) is 2.75. The highest BCUT2D eigenvalue weighted by atomic mass is 16.5. The zero-order valence-corrected chi connectivity index (χ0v) is 15.0. The summed E-state index contributed by atoms with van der Waals surface area (Å²) in [5.74, 6) is -0.0821. The van der Waals surface area contributed by atoms with Crippen LogP contribution < -0.4 is 5.32 Å². The monoisotopic (exact) mass is 345 g/mol. The third kappa shape index (κ3) is 5.52. The van der Waals surface area contributed by atoms with Crippen LogP contribution in [0.15, 0.2) is 30.5 Å². The molecule has 0 bridgehead atoms. The molecule has 136 valence electrons. The molecule has 2 N–H and O–H groups in total. The van der Waals surface area contributed by atoms with E-state index >= 15 is 0 Å². The minimum absolute atomic E-state index is 0.0313. The highest BCUT2D eigenvalue weighted by Gasteiger charge is 2.15. The van der Waals surface area contributed by atoms with Gasteiger partial charge in [-0.3, -0.25) is 4.79 Å². The number of aromatic amines is 1. The van der Waals surface area contributed by atoms with Gasteiger partial charge in [-0.15, -0.1) is 0 Å². The van der Waals surface area contributed by atoms with E-state index in [1.165, 1.54) is 10.9 Å². The zero-order valence-electron chi connectivity index (χ0n) is 15.0. The molecule has 0 radical (unpaired) electrons. The number of amides is 2. The third-order valence-electron chi connectivity index (χ3n) is 4.12. The number of ether oxygens (including phenoxy) is 1. The molecule has 2 aromatic rings. The summed E-state index contributed by atoms with van der Waals surface area (Å²) in [6.07, 6.45) is 4.19. The van der Waals surface area contributed by atoms with Gasteiger partial charge in [0.05, 0.1) is 6.61 Å². The number of carbonyl (C=O) groups is 2. The molecule has 0 spiro atoms. The van der Waals surface area contributed by atoms with Crippen molar-refractivity contribution in [3.8, 4) is 0 Å². The molecule has 1 aromatic heterocycles. The molecule has 6 nitrogen and oxygen atoms in total. The SMILES string of the molecule is CCCCN(CCc1c[nH]c2ccccc12)C(=O)CNC(=O)OCC. The van der Waals surface area contributed by atoms with E-state index in [1.807, 2.05) is 29.3 Å². The molecular weight excluding hydrogens is 318 g/mol. The van der Waals surface area contributed by atoms with E-state index in [0.717, 1.165) is 24.8 Å². The lowest BCUT2D eigenvalue weighted by Gasteiger charge is -2.22. The molecule has 0 fully saturated rings. The Kier molecular flexibility index (Phi) is 7.32. The van der Waals surface area contributed by atoms with E-state index in [9.17, 15) is 9.59 Å². The minimum atomic E-state index is -0.553. The first-order valence-electron chi connectivity index (χ1n) is 8.89. The first-order valence-corrected chi connectivity index (χ1v) is 8.89. The van der Waals surface area contributed by atoms with Crippen LogP contribution in [0.25, 0.3) is 10.9 Å². The number of nitrogens with zero attached hydrogens (tertiary/aromatic N) is 1. The van der Waals surface area contributed by atoms with E-state index in [2.05, 4.69) is 23.3 Å². The number of alkyl carbamates (subject to hydrolysis) is 1. The van der Waals surface area contributed by atoms with E-state index in [4.69, 9.17) is 4.74 Å². The Morgan fingerprint density at radius 1 is 1.20 bits per heavy atom. The van der Waals surface area contributed by atoms with Crippen molar-refractivity contribution in [2.75, 3.05) is 26.2 Å². The largest absolute Gasteiger partial charge is 0.450 e. The number of aromatic nitrogens is 1. The van der Waals surface area contributed by atoms with Gasteiger partial charge in [-0.1, -0.05) is 31.5 Å². The molecule has 0 saturated heterocycles. The van der Waals surface area contributed by atoms with Crippen LogP contribution in [0.1, 0.15) is 32.3 Å². The number of H-pyrrole nitrogens is 1. The van der Waals surface area contributed by atoms with Crippen molar-refractivity contribution in [3.63, 3.8) is 0 Å². The summed E-state index contributed by atoms with van der Waals surface area (Å²) in [7, 11) is 0. The molecule has 0 unspecified atom stereocenters. The van der Waals surface area contributed by atoms with Gasteiger partial charge in [0.1, 0.15) is 6.54 Å². The maximum atomic E-state index is 12.4. The normalized spacial score (nSPS) is 10.6. The van der Waals surface area contributed by atoms with Gasteiger partial charge in [0.25, 0.3) is 0 Å². The first-order chi connectivity index (χ1) is 12.2. The minimum Gasteiger partial charge on any atom is -0.450 e. The Bertz CT molecular complexity index is 696. The second kappa shape index (κ2) is 9.71. The number of unbranched alkanes of at least 4 members (excludes halogenated alkanes) is 1. The summed E-state index contributed by atoms with van der Waals surface area (Å²) in [5, 5.41) is 3.69. The summed E-state index contributed by atoms with van der Waals surface area (Å²) in [5.41, 5.74) is 2.30. The summed E-state index contributed by atoms with van der Waals surface area (Å²) in [6, 6.07) is 8.15. The van der Waals surface area contributed by atoms with Crippen LogP contribution in [-0.2, 0) is 16.0 Å². The lowest BCUT2D eigenvalue weighted by atomic mass is 10.1. The zero-order chi connectivity index (χ0) is 18.1. The standard InChI is InChI=1S/C19H27N3O3/c1-3-5-11-22(18(23)14-21-19(24)25-4-2)12-10-15-13-20-17-9-7-6-8-16(15)17/h6-9,13,20H,3-5,10-12,14H2,1-2H3,(H,21,24). The summed E-state index contributed by atoms with van der Waals surface area (Å²) in [6.45, 7) is 5.42. The van der Waals surface area contributed by atoms with Crippen molar-refractivity contribution < 1.29 is 14.3 Å². The highest BCUT2D eigenvalue weighted by Crippen LogP contribution is 2.18. The molecule has 1 heterocycles. The predicted molar refractivity (Wildman–Crippen MR) is 98.5 cm³/mol. The average molecular weight is 345 g/mol. The summed E-state index contributed by atoms with van der Waals surface area (Å²) in [4.78, 5) is 28.9. The summed E-state index contributed by atoms with van der Waals surface area (Å²) >= 11 is 0. The fraction of sp³-hybridized carbons (Fsp3) is 0.474. The lowest BCUT2D eigenvalue weighted by Crippen LogP contribution is -2.41. The predicted octanol–water partition coefficient (Wildman–Crippen LogP) is 3.09. The number of carbonyl (C=O) groups excluding carboxylic acids is 2. The first kappa shape index (κ1) is 18.8.